The molecule has 2 aliphatic rings. The van der Waals surface area contributed by atoms with Crippen LogP contribution in [0, 0.1) is 0 Å². The van der Waals surface area contributed by atoms with Gasteiger partial charge in [0, 0.05) is 19.1 Å². The van der Waals surface area contributed by atoms with Crippen molar-refractivity contribution >= 4 is 11.6 Å². The highest BCUT2D eigenvalue weighted by molar-refractivity contribution is 5.99. The quantitative estimate of drug-likeness (QED) is 0.921. The second kappa shape index (κ2) is 5.73. The SMILES string of the molecule is CCN(C(=O)c1cccc2c1OCCN2)C1CCCC1. The first-order valence-corrected chi connectivity index (χ1v) is 7.62. The van der Waals surface area contributed by atoms with Crippen LogP contribution in [0.3, 0.4) is 0 Å². The summed E-state index contributed by atoms with van der Waals surface area (Å²) >= 11 is 0. The molecule has 20 heavy (non-hydrogen) atoms. The molecule has 1 amide bonds. The number of para-hydroxylation sites is 1. The number of benzene rings is 1. The van der Waals surface area contributed by atoms with Gasteiger partial charge in [0.2, 0.25) is 0 Å². The average molecular weight is 274 g/mol. The smallest absolute Gasteiger partial charge is 0.257 e. The second-order valence-electron chi connectivity index (χ2n) is 5.49. The molecule has 4 heteroatoms. The van der Waals surface area contributed by atoms with E-state index >= 15 is 0 Å². The maximum absolute atomic E-state index is 12.9. The van der Waals surface area contributed by atoms with Gasteiger partial charge in [0.05, 0.1) is 11.3 Å². The Kier molecular flexibility index (Phi) is 3.81. The number of hydrogen-bond donors (Lipinski definition) is 1. The number of hydrogen-bond acceptors (Lipinski definition) is 3. The van der Waals surface area contributed by atoms with E-state index in [4.69, 9.17) is 4.74 Å². The molecule has 1 aliphatic carbocycles. The Labute approximate surface area is 120 Å². The number of ether oxygens (including phenoxy) is 1. The minimum Gasteiger partial charge on any atom is -0.489 e. The zero-order chi connectivity index (χ0) is 13.9. The van der Waals surface area contributed by atoms with E-state index in [1.54, 1.807) is 0 Å². The summed E-state index contributed by atoms with van der Waals surface area (Å²) in [4.78, 5) is 14.9. The molecular formula is C16H22N2O2. The summed E-state index contributed by atoms with van der Waals surface area (Å²) in [7, 11) is 0. The van der Waals surface area contributed by atoms with E-state index in [0.29, 0.717) is 18.2 Å². The molecule has 1 heterocycles. The maximum Gasteiger partial charge on any atom is 0.257 e. The van der Waals surface area contributed by atoms with Crippen LogP contribution in [0.5, 0.6) is 5.75 Å². The van der Waals surface area contributed by atoms with Gasteiger partial charge in [-0.15, -0.1) is 0 Å². The molecule has 0 unspecified atom stereocenters. The first-order valence-electron chi connectivity index (χ1n) is 7.62. The van der Waals surface area contributed by atoms with Crippen molar-refractivity contribution in [3.63, 3.8) is 0 Å². The molecule has 1 N–H and O–H groups in total. The van der Waals surface area contributed by atoms with Gasteiger partial charge in [-0.25, -0.2) is 0 Å². The van der Waals surface area contributed by atoms with E-state index in [1.165, 1.54) is 12.8 Å². The average Bonchev–Trinajstić information content (AvgIpc) is 3.01. The van der Waals surface area contributed by atoms with E-state index in [1.807, 2.05) is 23.1 Å². The summed E-state index contributed by atoms with van der Waals surface area (Å²) in [5.41, 5.74) is 1.63. The van der Waals surface area contributed by atoms with Gasteiger partial charge in [-0.1, -0.05) is 18.9 Å². The van der Waals surface area contributed by atoms with Crippen molar-refractivity contribution < 1.29 is 9.53 Å². The van der Waals surface area contributed by atoms with E-state index < -0.39 is 0 Å². The number of carbonyl (C=O) groups is 1. The van der Waals surface area contributed by atoms with Gasteiger partial charge in [0.15, 0.2) is 5.75 Å². The standard InChI is InChI=1S/C16H22N2O2/c1-2-18(12-6-3-4-7-12)16(19)13-8-5-9-14-15(13)20-11-10-17-14/h5,8-9,12,17H,2-4,6-7,10-11H2,1H3. The molecule has 4 nitrogen and oxygen atoms in total. The first-order chi connectivity index (χ1) is 9.81. The third kappa shape index (κ3) is 2.35. The lowest BCUT2D eigenvalue weighted by atomic mass is 10.1. The van der Waals surface area contributed by atoms with Gasteiger partial charge in [0.25, 0.3) is 5.91 Å². The summed E-state index contributed by atoms with van der Waals surface area (Å²) < 4.78 is 5.72. The van der Waals surface area contributed by atoms with Gasteiger partial charge in [-0.3, -0.25) is 4.79 Å². The molecule has 0 bridgehead atoms. The Morgan fingerprint density at radius 1 is 1.40 bits per heavy atom. The molecule has 0 aromatic heterocycles. The number of rotatable bonds is 3. The fraction of sp³-hybridized carbons (Fsp3) is 0.562. The molecule has 0 radical (unpaired) electrons. The van der Waals surface area contributed by atoms with E-state index in [-0.39, 0.29) is 5.91 Å². The zero-order valence-electron chi connectivity index (χ0n) is 12.0. The van der Waals surface area contributed by atoms with Gasteiger partial charge >= 0.3 is 0 Å². The van der Waals surface area contributed by atoms with Gasteiger partial charge in [0.1, 0.15) is 6.61 Å². The van der Waals surface area contributed by atoms with Crippen LogP contribution >= 0.6 is 0 Å². The van der Waals surface area contributed by atoms with Crippen molar-refractivity contribution in [2.24, 2.45) is 0 Å². The number of nitrogens with one attached hydrogen (secondary N) is 1. The normalized spacial score (nSPS) is 18.1. The Morgan fingerprint density at radius 3 is 2.95 bits per heavy atom. The molecule has 0 saturated heterocycles. The molecule has 1 saturated carbocycles. The fourth-order valence-electron chi connectivity index (χ4n) is 3.28. The summed E-state index contributed by atoms with van der Waals surface area (Å²) in [6, 6.07) is 6.18. The number of nitrogens with zero attached hydrogens (tertiary/aromatic N) is 1. The van der Waals surface area contributed by atoms with Gasteiger partial charge in [-0.2, -0.15) is 0 Å². The van der Waals surface area contributed by atoms with Crippen LogP contribution in [0.2, 0.25) is 0 Å². The Hall–Kier alpha value is -1.71. The van der Waals surface area contributed by atoms with E-state index in [2.05, 4.69) is 12.2 Å². The Bertz CT molecular complexity index is 495. The second-order valence-corrected chi connectivity index (χ2v) is 5.49. The fourth-order valence-corrected chi connectivity index (χ4v) is 3.28. The van der Waals surface area contributed by atoms with Crippen molar-refractivity contribution in [2.45, 2.75) is 38.6 Å². The minimum absolute atomic E-state index is 0.111. The molecule has 0 atom stereocenters. The number of fused-ring (bicyclic) bond motifs is 1. The largest absolute Gasteiger partial charge is 0.489 e. The van der Waals surface area contributed by atoms with Crippen LogP contribution in [0.15, 0.2) is 18.2 Å². The molecule has 1 aliphatic heterocycles. The van der Waals surface area contributed by atoms with Crippen molar-refractivity contribution in [3.05, 3.63) is 23.8 Å². The first kappa shape index (κ1) is 13.3. The Balaban J connectivity index is 1.89. The molecule has 0 spiro atoms. The highest BCUT2D eigenvalue weighted by Crippen LogP contribution is 2.33. The minimum atomic E-state index is 0.111. The van der Waals surface area contributed by atoms with Crippen LogP contribution < -0.4 is 10.1 Å². The van der Waals surface area contributed by atoms with Crippen LogP contribution in [-0.4, -0.2) is 36.5 Å². The molecule has 3 rings (SSSR count). The number of carbonyl (C=O) groups excluding carboxylic acids is 1. The van der Waals surface area contributed by atoms with Crippen LogP contribution in [0.1, 0.15) is 43.0 Å². The molecular weight excluding hydrogens is 252 g/mol. The predicted octanol–water partition coefficient (Wildman–Crippen LogP) is 2.90. The molecule has 1 aromatic carbocycles. The lowest BCUT2D eigenvalue weighted by Crippen LogP contribution is -2.39. The predicted molar refractivity (Wildman–Crippen MR) is 79.4 cm³/mol. The van der Waals surface area contributed by atoms with Crippen molar-refractivity contribution in [2.75, 3.05) is 25.0 Å². The molecule has 1 aromatic rings. The summed E-state index contributed by atoms with van der Waals surface area (Å²) in [5, 5.41) is 3.29. The van der Waals surface area contributed by atoms with Crippen molar-refractivity contribution in [1.82, 2.24) is 4.90 Å². The zero-order valence-corrected chi connectivity index (χ0v) is 12.0. The van der Waals surface area contributed by atoms with Crippen LogP contribution in [0.25, 0.3) is 0 Å². The maximum atomic E-state index is 12.9. The topological polar surface area (TPSA) is 41.6 Å². The van der Waals surface area contributed by atoms with E-state index in [0.717, 1.165) is 37.4 Å². The monoisotopic (exact) mass is 274 g/mol. The number of amides is 1. The molecule has 108 valence electrons. The lowest BCUT2D eigenvalue weighted by molar-refractivity contribution is 0.0689. The summed E-state index contributed by atoms with van der Waals surface area (Å²) in [6.45, 7) is 4.24. The van der Waals surface area contributed by atoms with Crippen molar-refractivity contribution in [3.8, 4) is 5.75 Å². The lowest BCUT2D eigenvalue weighted by Gasteiger charge is -2.29. The van der Waals surface area contributed by atoms with Gasteiger partial charge < -0.3 is 15.0 Å². The summed E-state index contributed by atoms with van der Waals surface area (Å²) in [5.74, 6) is 0.833. The Morgan fingerprint density at radius 2 is 2.20 bits per heavy atom. The van der Waals surface area contributed by atoms with Crippen LogP contribution in [-0.2, 0) is 0 Å². The van der Waals surface area contributed by atoms with E-state index in [9.17, 15) is 4.79 Å². The van der Waals surface area contributed by atoms with Crippen LogP contribution in [0.4, 0.5) is 5.69 Å². The highest BCUT2D eigenvalue weighted by atomic mass is 16.5. The highest BCUT2D eigenvalue weighted by Gasteiger charge is 2.29. The third-order valence-corrected chi connectivity index (χ3v) is 4.28. The molecule has 1 fully saturated rings. The van der Waals surface area contributed by atoms with Gasteiger partial charge in [-0.05, 0) is 31.9 Å². The van der Waals surface area contributed by atoms with Crippen molar-refractivity contribution in [1.29, 1.82) is 0 Å². The number of anilines is 1. The third-order valence-electron chi connectivity index (χ3n) is 4.28. The summed E-state index contributed by atoms with van der Waals surface area (Å²) in [6.07, 6.45) is 4.74.